The highest BCUT2D eigenvalue weighted by atomic mass is 16.5. The number of allylic oxidation sites excluding steroid dienone is 1. The maximum atomic E-state index is 13.3. The highest BCUT2D eigenvalue weighted by Gasteiger charge is 2.48. The number of methoxy groups -OCH3 is 1. The number of nitrogens with zero attached hydrogens (tertiary/aromatic N) is 1. The normalized spacial score (nSPS) is 28.7. The van der Waals surface area contributed by atoms with Gasteiger partial charge in [0.15, 0.2) is 0 Å². The predicted molar refractivity (Wildman–Crippen MR) is 156 cm³/mol. The number of nitrogens with one attached hydrogen (secondary N) is 4. The number of ether oxygens (including phenoxy) is 1. The molecule has 5 fully saturated rings. The molecular formula is C31H43N5O6. The van der Waals surface area contributed by atoms with E-state index in [0.29, 0.717) is 24.8 Å². The van der Waals surface area contributed by atoms with E-state index in [1.165, 1.54) is 55.9 Å². The van der Waals surface area contributed by atoms with Crippen LogP contribution in [0.4, 0.5) is 5.69 Å². The number of anilines is 1. The molecule has 2 heterocycles. The molecule has 11 nitrogen and oxygen atoms in total. The van der Waals surface area contributed by atoms with Crippen molar-refractivity contribution in [3.05, 3.63) is 40.8 Å². The molecule has 6 rings (SSSR count). The van der Waals surface area contributed by atoms with E-state index in [-0.39, 0.29) is 42.4 Å². The van der Waals surface area contributed by atoms with E-state index in [0.717, 1.165) is 31.2 Å². The molecule has 0 unspecified atom stereocenters. The van der Waals surface area contributed by atoms with Crippen LogP contribution in [0.2, 0.25) is 0 Å². The van der Waals surface area contributed by atoms with E-state index < -0.39 is 23.5 Å². The van der Waals surface area contributed by atoms with Crippen LogP contribution in [0.15, 0.2) is 35.3 Å². The number of hydrogen-bond donors (Lipinski definition) is 4. The van der Waals surface area contributed by atoms with Crippen LogP contribution in [0.25, 0.3) is 0 Å². The fraction of sp³-hybridized carbons (Fsp3) is 0.645. The van der Waals surface area contributed by atoms with Crippen LogP contribution in [0.5, 0.6) is 0 Å². The maximum Gasteiger partial charge on any atom is 0.330 e. The highest BCUT2D eigenvalue weighted by Crippen LogP contribution is 2.53. The molecule has 42 heavy (non-hydrogen) atoms. The van der Waals surface area contributed by atoms with Crippen molar-refractivity contribution >= 4 is 29.4 Å². The molecule has 1 aliphatic heterocycles. The number of carbonyl (C=O) groups excluding carboxylic acids is 4. The van der Waals surface area contributed by atoms with Gasteiger partial charge in [-0.3, -0.25) is 19.2 Å². The zero-order chi connectivity index (χ0) is 29.6. The number of piperidine rings is 1. The predicted octanol–water partition coefficient (Wildman–Crippen LogP) is 1.72. The zero-order valence-corrected chi connectivity index (χ0v) is 24.3. The minimum absolute atomic E-state index is 0.0357. The number of hydrogen-bond acceptors (Lipinski definition) is 7. The van der Waals surface area contributed by atoms with Crippen molar-refractivity contribution in [2.24, 2.45) is 29.6 Å². The third-order valence-electron chi connectivity index (χ3n) is 9.52. The molecule has 4 saturated carbocycles. The van der Waals surface area contributed by atoms with Crippen molar-refractivity contribution in [1.82, 2.24) is 20.5 Å². The van der Waals surface area contributed by atoms with Gasteiger partial charge in [-0.1, -0.05) is 6.08 Å². The smallest absolute Gasteiger partial charge is 0.330 e. The number of rotatable bonds is 11. The Balaban J connectivity index is 1.21. The van der Waals surface area contributed by atoms with Gasteiger partial charge >= 0.3 is 5.97 Å². The molecule has 0 radical (unpaired) electrons. The van der Waals surface area contributed by atoms with Crippen LogP contribution in [0.1, 0.15) is 57.8 Å². The Kier molecular flexibility index (Phi) is 9.76. The van der Waals surface area contributed by atoms with Gasteiger partial charge in [0.05, 0.1) is 13.0 Å². The molecule has 2 atom stereocenters. The molecule has 1 aromatic heterocycles. The van der Waals surface area contributed by atoms with Crippen LogP contribution in [-0.4, -0.2) is 60.5 Å². The molecule has 228 valence electrons. The Labute approximate surface area is 246 Å². The second kappa shape index (κ2) is 13.7. The van der Waals surface area contributed by atoms with E-state index in [1.807, 2.05) is 0 Å². The van der Waals surface area contributed by atoms with Crippen LogP contribution in [0.3, 0.4) is 0 Å². The van der Waals surface area contributed by atoms with Crippen molar-refractivity contribution in [2.75, 3.05) is 25.5 Å². The SMILES string of the molecule is COC(=O)/C=C/CC[C@H](NC(=O)[C@@H]1CCCNC1)C(=O)Nc1cccn(CC(=O)NC2C3CC4CC(C3)CC2C4)c1=O. The Bertz CT molecular complexity index is 1220. The quantitative estimate of drug-likeness (QED) is 0.230. The minimum atomic E-state index is -0.921. The van der Waals surface area contributed by atoms with Gasteiger partial charge in [-0.15, -0.1) is 0 Å². The molecular weight excluding hydrogens is 538 g/mol. The number of amides is 3. The summed E-state index contributed by atoms with van der Waals surface area (Å²) in [6, 6.07) is 2.37. The van der Waals surface area contributed by atoms with Gasteiger partial charge in [0.25, 0.3) is 5.56 Å². The van der Waals surface area contributed by atoms with Crippen molar-refractivity contribution in [3.8, 4) is 0 Å². The first-order valence-corrected chi connectivity index (χ1v) is 15.4. The van der Waals surface area contributed by atoms with Gasteiger partial charge in [-0.05, 0) is 100 Å². The summed E-state index contributed by atoms with van der Waals surface area (Å²) < 4.78 is 5.91. The highest BCUT2D eigenvalue weighted by molar-refractivity contribution is 5.97. The van der Waals surface area contributed by atoms with E-state index >= 15 is 0 Å². The summed E-state index contributed by atoms with van der Waals surface area (Å²) in [5, 5.41) is 11.9. The Morgan fingerprint density at radius 1 is 1.12 bits per heavy atom. The largest absolute Gasteiger partial charge is 0.466 e. The molecule has 3 amide bonds. The number of pyridine rings is 1. The molecule has 0 aromatic carbocycles. The third kappa shape index (κ3) is 7.29. The number of aromatic nitrogens is 1. The fourth-order valence-corrected chi connectivity index (χ4v) is 7.67. The Morgan fingerprint density at radius 3 is 2.52 bits per heavy atom. The second-order valence-electron chi connectivity index (χ2n) is 12.5. The first kappa shape index (κ1) is 30.0. The second-order valence-corrected chi connectivity index (χ2v) is 12.5. The Hall–Kier alpha value is -3.47. The molecule has 11 heteroatoms. The summed E-state index contributed by atoms with van der Waals surface area (Å²) in [7, 11) is 1.28. The number of carbonyl (C=O) groups is 4. The monoisotopic (exact) mass is 581 g/mol. The first-order chi connectivity index (χ1) is 20.3. The molecule has 0 spiro atoms. The average Bonchev–Trinajstić information content (AvgIpc) is 2.98. The summed E-state index contributed by atoms with van der Waals surface area (Å²) in [5.41, 5.74) is -0.452. The number of esters is 1. The van der Waals surface area contributed by atoms with Crippen molar-refractivity contribution in [1.29, 1.82) is 0 Å². The van der Waals surface area contributed by atoms with Gasteiger partial charge < -0.3 is 30.6 Å². The van der Waals surface area contributed by atoms with E-state index in [4.69, 9.17) is 0 Å². The van der Waals surface area contributed by atoms with Crippen molar-refractivity contribution in [3.63, 3.8) is 0 Å². The molecule has 4 aliphatic carbocycles. The lowest BCUT2D eigenvalue weighted by Gasteiger charge is -2.54. The van der Waals surface area contributed by atoms with Crippen LogP contribution < -0.4 is 26.8 Å². The summed E-state index contributed by atoms with van der Waals surface area (Å²) >= 11 is 0. The van der Waals surface area contributed by atoms with Gasteiger partial charge in [0, 0.05) is 24.9 Å². The van der Waals surface area contributed by atoms with Gasteiger partial charge in [0.2, 0.25) is 17.7 Å². The summed E-state index contributed by atoms with van der Waals surface area (Å²) in [5.74, 6) is 0.963. The average molecular weight is 582 g/mol. The fourth-order valence-electron chi connectivity index (χ4n) is 7.67. The Morgan fingerprint density at radius 2 is 1.86 bits per heavy atom. The van der Waals surface area contributed by atoms with Crippen molar-refractivity contribution < 1.29 is 23.9 Å². The van der Waals surface area contributed by atoms with Gasteiger partial charge in [0.1, 0.15) is 18.3 Å². The first-order valence-electron chi connectivity index (χ1n) is 15.4. The standard InChI is InChI=1S/C31H43N5O6/c1-42-27(38)9-3-2-7-24(33-29(39)21-6-4-10-32-17-21)30(40)34-25-8-5-11-36(31(25)41)18-26(37)35-28-22-13-19-12-20(15-22)16-23(28)14-19/h3,5,8-9,11,19-24,28,32H,2,4,6-7,10,12-18H2,1H3,(H,33,39)(H,34,40)(H,35,37)/b9-3+/t19?,20?,21-,22?,23?,24+,28?/m1/s1. The van der Waals surface area contributed by atoms with Crippen LogP contribution in [0, 0.1) is 29.6 Å². The summed E-state index contributed by atoms with van der Waals surface area (Å²) in [6.45, 7) is 1.27. The molecule has 4 bridgehead atoms. The van der Waals surface area contributed by atoms with E-state index in [2.05, 4.69) is 26.0 Å². The van der Waals surface area contributed by atoms with Crippen molar-refractivity contribution in [2.45, 2.75) is 76.4 Å². The molecule has 1 aromatic rings. The zero-order valence-electron chi connectivity index (χ0n) is 24.3. The van der Waals surface area contributed by atoms with Crippen LogP contribution >= 0.6 is 0 Å². The molecule has 5 aliphatic rings. The maximum absolute atomic E-state index is 13.3. The van der Waals surface area contributed by atoms with Crippen LogP contribution in [-0.2, 0) is 30.5 Å². The van der Waals surface area contributed by atoms with E-state index in [1.54, 1.807) is 18.3 Å². The summed E-state index contributed by atoms with van der Waals surface area (Å²) in [6.07, 6.45) is 12.6. The molecule has 4 N–H and O–H groups in total. The lowest BCUT2D eigenvalue weighted by Crippen LogP contribution is -2.56. The topological polar surface area (TPSA) is 148 Å². The van der Waals surface area contributed by atoms with Gasteiger partial charge in [-0.2, -0.15) is 0 Å². The minimum Gasteiger partial charge on any atom is -0.466 e. The lowest BCUT2D eigenvalue weighted by molar-refractivity contribution is -0.135. The summed E-state index contributed by atoms with van der Waals surface area (Å²) in [4.78, 5) is 63.9. The third-order valence-corrected chi connectivity index (χ3v) is 9.52. The lowest BCUT2D eigenvalue weighted by atomic mass is 9.54. The molecule has 1 saturated heterocycles. The van der Waals surface area contributed by atoms with E-state index in [9.17, 15) is 24.0 Å². The van der Waals surface area contributed by atoms with Gasteiger partial charge in [-0.25, -0.2) is 4.79 Å².